The number of esters is 1. The number of hydrogen-bond acceptors (Lipinski definition) is 3. The highest BCUT2D eigenvalue weighted by Crippen LogP contribution is 2.53. The van der Waals surface area contributed by atoms with Crippen LogP contribution in [0.2, 0.25) is 0 Å². The molecular weight excluding hydrogens is 214 g/mol. The molecule has 2 aliphatic rings. The molecule has 1 aliphatic heterocycles. The molecule has 1 N–H and O–H groups in total. The quantitative estimate of drug-likeness (QED) is 0.807. The predicted molar refractivity (Wildman–Crippen MR) is 64.3 cm³/mol. The Hall–Kier alpha value is -1.35. The molecule has 0 bridgehead atoms. The Morgan fingerprint density at radius 1 is 1.41 bits per heavy atom. The van der Waals surface area contributed by atoms with Gasteiger partial charge in [-0.1, -0.05) is 37.3 Å². The summed E-state index contributed by atoms with van der Waals surface area (Å²) in [7, 11) is 0. The van der Waals surface area contributed by atoms with Crippen molar-refractivity contribution in [2.24, 2.45) is 5.41 Å². The Bertz CT molecular complexity index is 431. The van der Waals surface area contributed by atoms with Crippen molar-refractivity contribution in [3.8, 4) is 0 Å². The van der Waals surface area contributed by atoms with Gasteiger partial charge in [0.15, 0.2) is 0 Å². The summed E-state index contributed by atoms with van der Waals surface area (Å²) in [4.78, 5) is 11.8. The third kappa shape index (κ3) is 2.07. The highest BCUT2D eigenvalue weighted by molar-refractivity contribution is 5.77. The molecule has 3 heteroatoms. The van der Waals surface area contributed by atoms with Crippen LogP contribution < -0.4 is 5.32 Å². The zero-order valence-corrected chi connectivity index (χ0v) is 9.98. The van der Waals surface area contributed by atoms with E-state index in [1.807, 2.05) is 30.3 Å². The molecule has 0 unspecified atom stereocenters. The highest BCUT2D eigenvalue weighted by Gasteiger charge is 2.58. The lowest BCUT2D eigenvalue weighted by Crippen LogP contribution is -2.35. The zero-order valence-electron chi connectivity index (χ0n) is 9.98. The van der Waals surface area contributed by atoms with Crippen molar-refractivity contribution < 1.29 is 9.53 Å². The van der Waals surface area contributed by atoms with Gasteiger partial charge in [0.2, 0.25) is 0 Å². The van der Waals surface area contributed by atoms with Crippen LogP contribution in [0.4, 0.5) is 0 Å². The number of benzene rings is 1. The number of nitrogens with one attached hydrogen (secondary N) is 1. The van der Waals surface area contributed by atoms with Gasteiger partial charge in [-0.2, -0.15) is 0 Å². The van der Waals surface area contributed by atoms with Gasteiger partial charge in [-0.3, -0.25) is 4.79 Å². The summed E-state index contributed by atoms with van der Waals surface area (Å²) < 4.78 is 5.32. The Morgan fingerprint density at radius 2 is 2.18 bits per heavy atom. The maximum absolute atomic E-state index is 11.8. The lowest BCUT2D eigenvalue weighted by molar-refractivity contribution is -0.147. The summed E-state index contributed by atoms with van der Waals surface area (Å²) in [5.41, 5.74) is 1.39. The molecule has 3 nitrogen and oxygen atoms in total. The van der Waals surface area contributed by atoms with Gasteiger partial charge in [-0.25, -0.2) is 0 Å². The molecule has 0 spiro atoms. The standard InChI is InChI=1S/C14H17NO2/c1-14-7-11(15-12(14)8-14)13(16)17-9-10-5-3-2-4-6-10/h2-6,11-12,15H,7-9H2,1H3/t11-,12-,14+/m0/s1. The average Bonchev–Trinajstić information content (AvgIpc) is 2.86. The van der Waals surface area contributed by atoms with Gasteiger partial charge in [0.05, 0.1) is 0 Å². The van der Waals surface area contributed by atoms with E-state index in [1.165, 1.54) is 6.42 Å². The van der Waals surface area contributed by atoms with Gasteiger partial charge in [0.25, 0.3) is 0 Å². The molecule has 1 aliphatic carbocycles. The number of fused-ring (bicyclic) bond motifs is 1. The van der Waals surface area contributed by atoms with Crippen LogP contribution in [-0.4, -0.2) is 18.1 Å². The molecule has 17 heavy (non-hydrogen) atoms. The maximum Gasteiger partial charge on any atom is 0.323 e. The summed E-state index contributed by atoms with van der Waals surface area (Å²) in [5.74, 6) is -0.109. The van der Waals surface area contributed by atoms with E-state index in [0.29, 0.717) is 18.1 Å². The Balaban J connectivity index is 1.51. The van der Waals surface area contributed by atoms with Gasteiger partial charge in [-0.15, -0.1) is 0 Å². The number of ether oxygens (including phenoxy) is 1. The van der Waals surface area contributed by atoms with Crippen LogP contribution in [0.15, 0.2) is 30.3 Å². The maximum atomic E-state index is 11.8. The van der Waals surface area contributed by atoms with Crippen LogP contribution in [0.3, 0.4) is 0 Å². The molecule has 90 valence electrons. The van der Waals surface area contributed by atoms with Crippen LogP contribution in [0.1, 0.15) is 25.3 Å². The van der Waals surface area contributed by atoms with E-state index in [-0.39, 0.29) is 12.0 Å². The topological polar surface area (TPSA) is 38.3 Å². The molecule has 0 aromatic heterocycles. The fourth-order valence-corrected chi connectivity index (χ4v) is 2.64. The third-order valence-electron chi connectivity index (χ3n) is 3.93. The van der Waals surface area contributed by atoms with Gasteiger partial charge < -0.3 is 10.1 Å². The molecule has 1 heterocycles. The minimum atomic E-state index is -0.109. The van der Waals surface area contributed by atoms with Gasteiger partial charge in [0, 0.05) is 6.04 Å². The van der Waals surface area contributed by atoms with E-state index >= 15 is 0 Å². The van der Waals surface area contributed by atoms with Gasteiger partial charge >= 0.3 is 5.97 Å². The third-order valence-corrected chi connectivity index (χ3v) is 3.93. The molecule has 3 rings (SSSR count). The molecular formula is C14H17NO2. The average molecular weight is 231 g/mol. The monoisotopic (exact) mass is 231 g/mol. The number of carbonyl (C=O) groups is 1. The number of hydrogen-bond donors (Lipinski definition) is 1. The molecule has 1 aromatic carbocycles. The van der Waals surface area contributed by atoms with Crippen molar-refractivity contribution in [3.05, 3.63) is 35.9 Å². The highest BCUT2D eigenvalue weighted by atomic mass is 16.5. The Morgan fingerprint density at radius 3 is 2.82 bits per heavy atom. The lowest BCUT2D eigenvalue weighted by Gasteiger charge is -2.13. The second kappa shape index (κ2) is 3.84. The molecule has 2 fully saturated rings. The Labute approximate surface area is 101 Å². The summed E-state index contributed by atoms with van der Waals surface area (Å²) in [6, 6.07) is 10.2. The van der Waals surface area contributed by atoms with E-state index in [4.69, 9.17) is 4.74 Å². The van der Waals surface area contributed by atoms with E-state index in [2.05, 4.69) is 12.2 Å². The second-order valence-corrected chi connectivity index (χ2v) is 5.43. The van der Waals surface area contributed by atoms with E-state index < -0.39 is 0 Å². The van der Waals surface area contributed by atoms with E-state index in [0.717, 1.165) is 12.0 Å². The first-order chi connectivity index (χ1) is 8.17. The first kappa shape index (κ1) is 10.8. The molecule has 1 saturated carbocycles. The fourth-order valence-electron chi connectivity index (χ4n) is 2.64. The number of rotatable bonds is 3. The van der Waals surface area contributed by atoms with E-state index in [9.17, 15) is 4.79 Å². The van der Waals surface area contributed by atoms with Gasteiger partial charge in [-0.05, 0) is 23.8 Å². The van der Waals surface area contributed by atoms with Crippen LogP contribution >= 0.6 is 0 Å². The second-order valence-electron chi connectivity index (χ2n) is 5.43. The summed E-state index contributed by atoms with van der Waals surface area (Å²) >= 11 is 0. The van der Waals surface area contributed by atoms with E-state index in [1.54, 1.807) is 0 Å². The van der Waals surface area contributed by atoms with Crippen molar-refractivity contribution in [2.45, 2.75) is 38.5 Å². The first-order valence-electron chi connectivity index (χ1n) is 6.14. The van der Waals surface area contributed by atoms with Gasteiger partial charge in [0.1, 0.15) is 12.6 Å². The smallest absolute Gasteiger partial charge is 0.323 e. The summed E-state index contributed by atoms with van der Waals surface area (Å²) in [6.45, 7) is 2.61. The molecule has 3 atom stereocenters. The molecule has 1 aromatic rings. The zero-order chi connectivity index (χ0) is 11.9. The van der Waals surface area contributed by atoms with Crippen LogP contribution in [-0.2, 0) is 16.1 Å². The van der Waals surface area contributed by atoms with Crippen LogP contribution in [0.25, 0.3) is 0 Å². The predicted octanol–water partition coefficient (Wildman–Crippen LogP) is 1.87. The lowest BCUT2D eigenvalue weighted by atomic mass is 10.0. The normalized spacial score (nSPS) is 34.2. The number of carbonyl (C=O) groups excluding carboxylic acids is 1. The van der Waals surface area contributed by atoms with Crippen molar-refractivity contribution >= 4 is 5.97 Å². The van der Waals surface area contributed by atoms with Crippen molar-refractivity contribution in [2.75, 3.05) is 0 Å². The van der Waals surface area contributed by atoms with Crippen LogP contribution in [0, 0.1) is 5.41 Å². The van der Waals surface area contributed by atoms with Crippen molar-refractivity contribution in [3.63, 3.8) is 0 Å². The first-order valence-corrected chi connectivity index (χ1v) is 6.14. The molecule has 0 amide bonds. The van der Waals surface area contributed by atoms with Crippen molar-refractivity contribution in [1.29, 1.82) is 0 Å². The summed E-state index contributed by atoms with van der Waals surface area (Å²) in [5, 5.41) is 3.33. The van der Waals surface area contributed by atoms with Crippen molar-refractivity contribution in [1.82, 2.24) is 5.32 Å². The number of piperidine rings is 1. The molecule has 1 saturated heterocycles. The summed E-state index contributed by atoms with van der Waals surface area (Å²) in [6.07, 6.45) is 2.13. The molecule has 0 radical (unpaired) electrons. The Kier molecular flexibility index (Phi) is 2.44. The fraction of sp³-hybridized carbons (Fsp3) is 0.500. The SMILES string of the molecule is C[C@]12C[C@@H](C(=O)OCc3ccccc3)N[C@H]1C2. The minimum Gasteiger partial charge on any atom is -0.460 e. The minimum absolute atomic E-state index is 0.0949. The largest absolute Gasteiger partial charge is 0.460 e. The van der Waals surface area contributed by atoms with Crippen LogP contribution in [0.5, 0.6) is 0 Å².